The Balaban J connectivity index is 1.42. The van der Waals surface area contributed by atoms with Crippen molar-refractivity contribution in [1.29, 1.82) is 0 Å². The second kappa shape index (κ2) is 10.1. The summed E-state index contributed by atoms with van der Waals surface area (Å²) in [6.45, 7) is 8.62. The summed E-state index contributed by atoms with van der Waals surface area (Å²) in [5, 5.41) is 1.28. The molecular formula is C25H28ClN3O4S. The third kappa shape index (κ3) is 4.73. The largest absolute Gasteiger partial charge is 0.482 e. The fourth-order valence-electron chi connectivity index (χ4n) is 4.33. The summed E-state index contributed by atoms with van der Waals surface area (Å²) < 4.78 is 18.5. The van der Waals surface area contributed by atoms with Crippen LogP contribution in [0, 0.1) is 6.92 Å². The van der Waals surface area contributed by atoms with E-state index in [0.717, 1.165) is 55.0 Å². The van der Waals surface area contributed by atoms with E-state index in [2.05, 4.69) is 4.90 Å². The van der Waals surface area contributed by atoms with Crippen molar-refractivity contribution in [3.63, 3.8) is 0 Å². The summed E-state index contributed by atoms with van der Waals surface area (Å²) >= 11 is 7.91. The number of benzene rings is 2. The molecule has 0 N–H and O–H groups in total. The van der Waals surface area contributed by atoms with Crippen molar-refractivity contribution >= 4 is 44.2 Å². The predicted octanol–water partition coefficient (Wildman–Crippen LogP) is 4.54. The Morgan fingerprint density at radius 2 is 1.91 bits per heavy atom. The van der Waals surface area contributed by atoms with Crippen molar-refractivity contribution in [1.82, 2.24) is 9.88 Å². The lowest BCUT2D eigenvalue weighted by Crippen LogP contribution is -2.51. The number of anilines is 1. The Morgan fingerprint density at radius 1 is 1.18 bits per heavy atom. The number of fused-ring (bicyclic) bond motifs is 2. The van der Waals surface area contributed by atoms with Gasteiger partial charge in [0.2, 0.25) is 6.10 Å². The molecule has 1 aromatic heterocycles. The molecule has 1 saturated heterocycles. The monoisotopic (exact) mass is 501 g/mol. The molecule has 2 aliphatic heterocycles. The number of rotatable bonds is 6. The van der Waals surface area contributed by atoms with Crippen molar-refractivity contribution in [2.45, 2.75) is 32.5 Å². The molecule has 2 aliphatic rings. The van der Waals surface area contributed by atoms with Gasteiger partial charge < -0.3 is 14.2 Å². The normalized spacial score (nSPS) is 20.4. The second-order valence-corrected chi connectivity index (χ2v) is 10.0. The van der Waals surface area contributed by atoms with Gasteiger partial charge in [-0.3, -0.25) is 14.6 Å². The topological polar surface area (TPSA) is 64.1 Å². The van der Waals surface area contributed by atoms with Crippen molar-refractivity contribution in [3.8, 4) is 11.5 Å². The van der Waals surface area contributed by atoms with Gasteiger partial charge in [0, 0.05) is 26.2 Å². The first-order valence-corrected chi connectivity index (χ1v) is 12.8. The number of carbonyl (C=O) groups excluding carboxylic acids is 1. The average Bonchev–Trinajstić information content (AvgIpc) is 3.30. The second-order valence-electron chi connectivity index (χ2n) is 8.64. The minimum atomic E-state index is -0.762. The highest BCUT2D eigenvalue weighted by atomic mass is 35.5. The van der Waals surface area contributed by atoms with Gasteiger partial charge in [0.25, 0.3) is 5.91 Å². The van der Waals surface area contributed by atoms with Crippen LogP contribution in [0.2, 0.25) is 5.02 Å². The fraction of sp³-hybridized carbons (Fsp3) is 0.440. The van der Waals surface area contributed by atoms with Crippen LogP contribution in [0.5, 0.6) is 11.5 Å². The first-order chi connectivity index (χ1) is 16.5. The average molecular weight is 502 g/mol. The molecule has 2 atom stereocenters. The highest BCUT2D eigenvalue weighted by Gasteiger charge is 2.38. The van der Waals surface area contributed by atoms with E-state index in [1.165, 1.54) is 11.3 Å². The maximum Gasteiger partial charge on any atom is 0.273 e. The Labute approximate surface area is 208 Å². The number of hydrogen-bond donors (Lipinski definition) is 0. The Bertz CT molecular complexity index is 1140. The number of nitrogens with zero attached hydrogens (tertiary/aromatic N) is 3. The van der Waals surface area contributed by atoms with E-state index in [1.807, 2.05) is 50.2 Å². The molecule has 3 heterocycles. The van der Waals surface area contributed by atoms with Crippen LogP contribution in [0.3, 0.4) is 0 Å². The van der Waals surface area contributed by atoms with E-state index < -0.39 is 12.2 Å². The van der Waals surface area contributed by atoms with Crippen molar-refractivity contribution < 1.29 is 19.0 Å². The number of hydrogen-bond acceptors (Lipinski definition) is 7. The van der Waals surface area contributed by atoms with Gasteiger partial charge in [0.05, 0.1) is 28.5 Å². The Kier molecular flexibility index (Phi) is 6.92. The number of amides is 1. The van der Waals surface area contributed by atoms with Gasteiger partial charge in [-0.2, -0.15) is 0 Å². The van der Waals surface area contributed by atoms with Crippen LogP contribution >= 0.6 is 22.9 Å². The van der Waals surface area contributed by atoms with Gasteiger partial charge in [-0.05, 0) is 44.0 Å². The lowest BCUT2D eigenvalue weighted by Gasteiger charge is -2.34. The molecule has 9 heteroatoms. The minimum absolute atomic E-state index is 0.156. The number of halogens is 1. The van der Waals surface area contributed by atoms with Gasteiger partial charge in [-0.25, -0.2) is 4.98 Å². The molecule has 1 amide bonds. The number of thiazole rings is 1. The van der Waals surface area contributed by atoms with Gasteiger partial charge >= 0.3 is 0 Å². The Morgan fingerprint density at radius 3 is 2.65 bits per heavy atom. The standard InChI is InChI=1S/C25H28ClN3O4S/c1-16-8-9-18(26)23-21(16)27-25(34-23)29(11-5-10-28-12-14-31-15-13-28)24(30)22-17(2)32-19-6-3-4-7-20(19)33-22/h3-4,6-9,17,22H,5,10-15H2,1-2H3. The lowest BCUT2D eigenvalue weighted by atomic mass is 10.1. The molecule has 1 fully saturated rings. The number of aryl methyl sites for hydroxylation is 1. The van der Waals surface area contributed by atoms with Crippen molar-refractivity contribution in [3.05, 3.63) is 47.0 Å². The summed E-state index contributed by atoms with van der Waals surface area (Å²) in [6, 6.07) is 11.3. The first kappa shape index (κ1) is 23.4. The van der Waals surface area contributed by atoms with Crippen LogP contribution in [0.25, 0.3) is 10.2 Å². The first-order valence-electron chi connectivity index (χ1n) is 11.6. The number of carbonyl (C=O) groups is 1. The summed E-state index contributed by atoms with van der Waals surface area (Å²) in [7, 11) is 0. The molecule has 180 valence electrons. The molecule has 2 aromatic carbocycles. The van der Waals surface area contributed by atoms with Gasteiger partial charge in [-0.15, -0.1) is 0 Å². The van der Waals surface area contributed by atoms with E-state index >= 15 is 0 Å². The molecule has 0 aliphatic carbocycles. The minimum Gasteiger partial charge on any atom is -0.482 e. The number of morpholine rings is 1. The number of para-hydroxylation sites is 2. The molecule has 34 heavy (non-hydrogen) atoms. The van der Waals surface area contributed by atoms with Crippen LogP contribution < -0.4 is 14.4 Å². The molecule has 0 saturated carbocycles. The van der Waals surface area contributed by atoms with Crippen LogP contribution in [0.4, 0.5) is 5.13 Å². The molecule has 5 rings (SSSR count). The smallest absolute Gasteiger partial charge is 0.273 e. The summed E-state index contributed by atoms with van der Waals surface area (Å²) in [4.78, 5) is 22.8. The quantitative estimate of drug-likeness (QED) is 0.494. The maximum absolute atomic E-state index is 13.9. The van der Waals surface area contributed by atoms with E-state index in [4.69, 9.17) is 30.8 Å². The summed E-state index contributed by atoms with van der Waals surface area (Å²) in [5.41, 5.74) is 1.86. The van der Waals surface area contributed by atoms with Gasteiger partial charge in [0.1, 0.15) is 6.10 Å². The predicted molar refractivity (Wildman–Crippen MR) is 135 cm³/mol. The van der Waals surface area contributed by atoms with E-state index in [1.54, 1.807) is 4.90 Å². The third-order valence-corrected chi connectivity index (χ3v) is 7.77. The Hall–Kier alpha value is -2.39. The zero-order valence-electron chi connectivity index (χ0n) is 19.3. The van der Waals surface area contributed by atoms with E-state index in [0.29, 0.717) is 28.2 Å². The lowest BCUT2D eigenvalue weighted by molar-refractivity contribution is -0.130. The van der Waals surface area contributed by atoms with Crippen molar-refractivity contribution in [2.75, 3.05) is 44.3 Å². The third-order valence-electron chi connectivity index (χ3n) is 6.23. The SMILES string of the molecule is Cc1ccc(Cl)c2sc(N(CCCN3CCOCC3)C(=O)C3Oc4ccccc4OC3C)nc12. The fourth-order valence-corrected chi connectivity index (χ4v) is 5.68. The number of aromatic nitrogens is 1. The van der Waals surface area contributed by atoms with Crippen LogP contribution in [-0.2, 0) is 9.53 Å². The van der Waals surface area contributed by atoms with E-state index in [9.17, 15) is 4.79 Å². The zero-order chi connectivity index (χ0) is 23.7. The summed E-state index contributed by atoms with van der Waals surface area (Å²) in [5.74, 6) is 1.08. The summed E-state index contributed by atoms with van der Waals surface area (Å²) in [6.07, 6.45) is -0.377. The van der Waals surface area contributed by atoms with Gasteiger partial charge in [0.15, 0.2) is 16.6 Å². The molecule has 2 unspecified atom stereocenters. The molecular weight excluding hydrogens is 474 g/mol. The highest BCUT2D eigenvalue weighted by Crippen LogP contribution is 2.38. The van der Waals surface area contributed by atoms with Crippen molar-refractivity contribution in [2.24, 2.45) is 0 Å². The van der Waals surface area contributed by atoms with E-state index in [-0.39, 0.29) is 5.91 Å². The van der Waals surface area contributed by atoms with Crippen LogP contribution in [0.1, 0.15) is 18.9 Å². The number of ether oxygens (including phenoxy) is 3. The molecule has 3 aromatic rings. The molecule has 7 nitrogen and oxygen atoms in total. The molecule has 0 spiro atoms. The highest BCUT2D eigenvalue weighted by molar-refractivity contribution is 7.23. The molecule has 0 bridgehead atoms. The van der Waals surface area contributed by atoms with Crippen LogP contribution in [-0.4, -0.2) is 67.4 Å². The van der Waals surface area contributed by atoms with Gasteiger partial charge in [-0.1, -0.05) is 41.1 Å². The zero-order valence-corrected chi connectivity index (χ0v) is 20.9. The van der Waals surface area contributed by atoms with Crippen LogP contribution in [0.15, 0.2) is 36.4 Å². The maximum atomic E-state index is 13.9. The molecule has 0 radical (unpaired) electrons.